The molecule has 1 aliphatic heterocycles. The van der Waals surface area contributed by atoms with Crippen molar-refractivity contribution in [2.24, 2.45) is 10.8 Å². The summed E-state index contributed by atoms with van der Waals surface area (Å²) in [7, 11) is 0. The van der Waals surface area contributed by atoms with Crippen LogP contribution in [0.2, 0.25) is 0 Å². The number of hydrogen-bond donors (Lipinski definition) is 2. The highest BCUT2D eigenvalue weighted by Crippen LogP contribution is 2.30. The Kier molecular flexibility index (Phi) is 4.82. The molecule has 5 heteroatoms. The third-order valence-corrected chi connectivity index (χ3v) is 3.82. The Morgan fingerprint density at radius 1 is 1.26 bits per heavy atom. The summed E-state index contributed by atoms with van der Waals surface area (Å²) in [6, 6.07) is -0.0725. The number of carboxylic acids is 1. The molecule has 2 amide bonds. The minimum absolute atomic E-state index is 0.0725. The molecule has 1 heterocycles. The maximum atomic E-state index is 11.9. The first-order valence-electron chi connectivity index (χ1n) is 6.90. The number of rotatable bonds is 3. The molecule has 5 nitrogen and oxygen atoms in total. The molecular formula is C14H26N2O3. The third-order valence-electron chi connectivity index (χ3n) is 3.82. The van der Waals surface area contributed by atoms with E-state index in [0.717, 1.165) is 6.42 Å². The summed E-state index contributed by atoms with van der Waals surface area (Å²) in [4.78, 5) is 24.8. The van der Waals surface area contributed by atoms with E-state index in [1.807, 2.05) is 0 Å². The normalized spacial score (nSPS) is 19.1. The van der Waals surface area contributed by atoms with Crippen LogP contribution in [-0.4, -0.2) is 41.6 Å². The first-order valence-corrected chi connectivity index (χ1v) is 6.90. The molecule has 1 rings (SSSR count). The number of carbonyl (C=O) groups excluding carboxylic acids is 1. The SMILES string of the molecule is CC(C)(C)CCNC(=O)N1CCC(C)(C(=O)O)CC1. The van der Waals surface area contributed by atoms with Crippen LogP contribution in [0, 0.1) is 10.8 Å². The summed E-state index contributed by atoms with van der Waals surface area (Å²) in [5, 5.41) is 12.0. The topological polar surface area (TPSA) is 69.6 Å². The number of aliphatic carboxylic acids is 1. The van der Waals surface area contributed by atoms with Crippen molar-refractivity contribution in [2.75, 3.05) is 19.6 Å². The molecule has 0 spiro atoms. The summed E-state index contributed by atoms with van der Waals surface area (Å²) in [5.74, 6) is -0.764. The number of hydrogen-bond acceptors (Lipinski definition) is 2. The van der Waals surface area contributed by atoms with E-state index in [-0.39, 0.29) is 11.4 Å². The van der Waals surface area contributed by atoms with Crippen LogP contribution in [0.25, 0.3) is 0 Å². The summed E-state index contributed by atoms with van der Waals surface area (Å²) in [6.45, 7) is 9.86. The number of likely N-dealkylation sites (tertiary alicyclic amines) is 1. The zero-order valence-electron chi connectivity index (χ0n) is 12.5. The number of piperidine rings is 1. The van der Waals surface area contributed by atoms with Crippen molar-refractivity contribution in [1.82, 2.24) is 10.2 Å². The fourth-order valence-electron chi connectivity index (χ4n) is 2.07. The van der Waals surface area contributed by atoms with Gasteiger partial charge in [0.15, 0.2) is 0 Å². The summed E-state index contributed by atoms with van der Waals surface area (Å²) in [6.07, 6.45) is 1.98. The lowest BCUT2D eigenvalue weighted by Gasteiger charge is -2.36. The molecule has 19 heavy (non-hydrogen) atoms. The van der Waals surface area contributed by atoms with E-state index in [1.54, 1.807) is 11.8 Å². The van der Waals surface area contributed by atoms with Crippen LogP contribution < -0.4 is 5.32 Å². The Balaban J connectivity index is 2.35. The fraction of sp³-hybridized carbons (Fsp3) is 0.857. The first-order chi connectivity index (χ1) is 8.64. The van der Waals surface area contributed by atoms with Gasteiger partial charge in [-0.25, -0.2) is 4.79 Å². The molecule has 0 saturated carbocycles. The van der Waals surface area contributed by atoms with Crippen molar-refractivity contribution in [2.45, 2.75) is 47.0 Å². The van der Waals surface area contributed by atoms with E-state index in [9.17, 15) is 9.59 Å². The van der Waals surface area contributed by atoms with Gasteiger partial charge in [-0.05, 0) is 31.6 Å². The van der Waals surface area contributed by atoms with Gasteiger partial charge in [-0.2, -0.15) is 0 Å². The number of amides is 2. The Bertz CT molecular complexity index is 339. The lowest BCUT2D eigenvalue weighted by Crippen LogP contribution is -2.49. The molecule has 0 aromatic carbocycles. The Morgan fingerprint density at radius 2 is 1.79 bits per heavy atom. The van der Waals surface area contributed by atoms with Gasteiger partial charge in [0.25, 0.3) is 0 Å². The van der Waals surface area contributed by atoms with Crippen molar-refractivity contribution in [3.05, 3.63) is 0 Å². The third kappa shape index (κ3) is 4.73. The average Bonchev–Trinajstić information content (AvgIpc) is 2.27. The van der Waals surface area contributed by atoms with Crippen LogP contribution in [0.5, 0.6) is 0 Å². The number of carboxylic acid groups (broad SMARTS) is 1. The Morgan fingerprint density at radius 3 is 2.21 bits per heavy atom. The molecule has 110 valence electrons. The van der Waals surface area contributed by atoms with Gasteiger partial charge in [0, 0.05) is 19.6 Å². The van der Waals surface area contributed by atoms with Gasteiger partial charge in [0.1, 0.15) is 0 Å². The van der Waals surface area contributed by atoms with E-state index in [4.69, 9.17) is 5.11 Å². The zero-order valence-corrected chi connectivity index (χ0v) is 12.5. The van der Waals surface area contributed by atoms with Crippen LogP contribution in [0.15, 0.2) is 0 Å². The molecule has 2 N–H and O–H groups in total. The highest BCUT2D eigenvalue weighted by atomic mass is 16.4. The molecule has 1 aliphatic rings. The largest absolute Gasteiger partial charge is 0.481 e. The van der Waals surface area contributed by atoms with Gasteiger partial charge < -0.3 is 15.3 Å². The van der Waals surface area contributed by atoms with Crippen molar-refractivity contribution in [3.63, 3.8) is 0 Å². The van der Waals surface area contributed by atoms with Crippen LogP contribution in [-0.2, 0) is 4.79 Å². The molecule has 0 radical (unpaired) electrons. The smallest absolute Gasteiger partial charge is 0.317 e. The van der Waals surface area contributed by atoms with E-state index in [1.165, 1.54) is 0 Å². The Labute approximate surface area is 115 Å². The van der Waals surface area contributed by atoms with Crippen LogP contribution in [0.4, 0.5) is 4.79 Å². The van der Waals surface area contributed by atoms with Crippen LogP contribution >= 0.6 is 0 Å². The van der Waals surface area contributed by atoms with Gasteiger partial charge in [0.05, 0.1) is 5.41 Å². The molecule has 1 saturated heterocycles. The van der Waals surface area contributed by atoms with Crippen molar-refractivity contribution >= 4 is 12.0 Å². The van der Waals surface area contributed by atoms with E-state index in [2.05, 4.69) is 26.1 Å². The van der Waals surface area contributed by atoms with Gasteiger partial charge in [-0.15, -0.1) is 0 Å². The summed E-state index contributed by atoms with van der Waals surface area (Å²) in [5.41, 5.74) is -0.473. The number of nitrogens with zero attached hydrogens (tertiary/aromatic N) is 1. The summed E-state index contributed by atoms with van der Waals surface area (Å²) >= 11 is 0. The minimum atomic E-state index is -0.764. The van der Waals surface area contributed by atoms with E-state index < -0.39 is 11.4 Å². The van der Waals surface area contributed by atoms with Crippen molar-refractivity contribution < 1.29 is 14.7 Å². The number of nitrogens with one attached hydrogen (secondary N) is 1. The van der Waals surface area contributed by atoms with Gasteiger partial charge in [0.2, 0.25) is 0 Å². The van der Waals surface area contributed by atoms with Gasteiger partial charge in [-0.1, -0.05) is 20.8 Å². The van der Waals surface area contributed by atoms with Crippen LogP contribution in [0.3, 0.4) is 0 Å². The quantitative estimate of drug-likeness (QED) is 0.827. The molecule has 0 aliphatic carbocycles. The molecule has 0 unspecified atom stereocenters. The maximum absolute atomic E-state index is 11.9. The zero-order chi connectivity index (χ0) is 14.7. The van der Waals surface area contributed by atoms with E-state index >= 15 is 0 Å². The standard InChI is InChI=1S/C14H26N2O3/c1-13(2,3)5-8-15-12(19)16-9-6-14(4,7-10-16)11(17)18/h5-10H2,1-4H3,(H,15,19)(H,17,18). The van der Waals surface area contributed by atoms with Gasteiger partial charge >= 0.3 is 12.0 Å². The van der Waals surface area contributed by atoms with Crippen molar-refractivity contribution in [3.8, 4) is 0 Å². The monoisotopic (exact) mass is 270 g/mol. The molecule has 0 aromatic heterocycles. The number of carbonyl (C=O) groups is 2. The lowest BCUT2D eigenvalue weighted by atomic mass is 9.80. The second-order valence-electron chi connectivity index (χ2n) is 6.90. The van der Waals surface area contributed by atoms with Crippen LogP contribution in [0.1, 0.15) is 47.0 Å². The van der Waals surface area contributed by atoms with E-state index in [0.29, 0.717) is 32.5 Å². The predicted octanol–water partition coefficient (Wildman–Crippen LogP) is 2.32. The highest BCUT2D eigenvalue weighted by molar-refractivity contribution is 5.76. The lowest BCUT2D eigenvalue weighted by molar-refractivity contribution is -0.150. The maximum Gasteiger partial charge on any atom is 0.317 e. The molecule has 1 fully saturated rings. The first kappa shape index (κ1) is 15.8. The summed E-state index contributed by atoms with van der Waals surface area (Å²) < 4.78 is 0. The predicted molar refractivity (Wildman–Crippen MR) is 74.0 cm³/mol. The van der Waals surface area contributed by atoms with Gasteiger partial charge in [-0.3, -0.25) is 4.79 Å². The minimum Gasteiger partial charge on any atom is -0.481 e. The Hall–Kier alpha value is -1.26. The molecular weight excluding hydrogens is 244 g/mol. The highest BCUT2D eigenvalue weighted by Gasteiger charge is 2.37. The molecule has 0 atom stereocenters. The second-order valence-corrected chi connectivity index (χ2v) is 6.90. The fourth-order valence-corrected chi connectivity index (χ4v) is 2.07. The number of urea groups is 1. The molecule has 0 aromatic rings. The average molecular weight is 270 g/mol. The molecule has 0 bridgehead atoms. The van der Waals surface area contributed by atoms with Crippen molar-refractivity contribution in [1.29, 1.82) is 0 Å². The second kappa shape index (κ2) is 5.80.